The Labute approximate surface area is 121 Å². The highest BCUT2D eigenvalue weighted by atomic mass is 14.4. The maximum absolute atomic E-state index is 2.41. The van der Waals surface area contributed by atoms with Crippen LogP contribution in [0.4, 0.5) is 0 Å². The van der Waals surface area contributed by atoms with Crippen molar-refractivity contribution in [3.63, 3.8) is 0 Å². The third-order valence-electron chi connectivity index (χ3n) is 4.77. The Balaban J connectivity index is 0.00000324. The number of hydrogen-bond donors (Lipinski definition) is 0. The molecule has 0 fully saturated rings. The van der Waals surface area contributed by atoms with Crippen molar-refractivity contribution in [3.05, 3.63) is 35.9 Å². The van der Waals surface area contributed by atoms with Crippen LogP contribution in [0.5, 0.6) is 0 Å². The summed E-state index contributed by atoms with van der Waals surface area (Å²) in [6.45, 7) is 14.2. The van der Waals surface area contributed by atoms with E-state index in [-0.39, 0.29) is 7.43 Å². The van der Waals surface area contributed by atoms with E-state index in [2.05, 4.69) is 71.9 Å². The van der Waals surface area contributed by atoms with Crippen molar-refractivity contribution < 1.29 is 0 Å². The third-order valence-corrected chi connectivity index (χ3v) is 4.77. The fourth-order valence-corrected chi connectivity index (χ4v) is 2.47. The van der Waals surface area contributed by atoms with Crippen LogP contribution in [0.15, 0.2) is 30.3 Å². The highest BCUT2D eigenvalue weighted by Gasteiger charge is 2.33. The molecule has 0 nitrogen and oxygen atoms in total. The van der Waals surface area contributed by atoms with E-state index in [0.29, 0.717) is 16.7 Å². The molecule has 0 N–H and O–H groups in total. The predicted octanol–water partition coefficient (Wildman–Crippen LogP) is 6.67. The summed E-state index contributed by atoms with van der Waals surface area (Å²) in [6.07, 6.45) is 3.75. The minimum atomic E-state index is 0. The SMILES string of the molecule is C.CCC(C)(C)CC(c1ccccc1)C(C)(C)CC. The average Bonchev–Trinajstić information content (AvgIpc) is 2.37. The molecule has 0 saturated carbocycles. The second-order valence-electron chi connectivity index (χ2n) is 7.03. The molecule has 0 radical (unpaired) electrons. The van der Waals surface area contributed by atoms with E-state index < -0.39 is 0 Å². The van der Waals surface area contributed by atoms with E-state index in [9.17, 15) is 0 Å². The van der Waals surface area contributed by atoms with Gasteiger partial charge in [0, 0.05) is 0 Å². The molecular weight excluding hydrogens is 228 g/mol. The quantitative estimate of drug-likeness (QED) is 0.537. The Bertz CT molecular complexity index is 346. The molecular formula is C19H34. The summed E-state index contributed by atoms with van der Waals surface area (Å²) in [6, 6.07) is 11.1. The van der Waals surface area contributed by atoms with Crippen LogP contribution < -0.4 is 0 Å². The van der Waals surface area contributed by atoms with Gasteiger partial charge in [-0.05, 0) is 28.7 Å². The first-order valence-corrected chi connectivity index (χ1v) is 7.37. The van der Waals surface area contributed by atoms with Crippen LogP contribution in [0.2, 0.25) is 0 Å². The standard InChI is InChI=1S/C18H30.CH4/c1-7-17(3,4)14-16(18(5,6)8-2)15-12-10-9-11-13-15;/h9-13,16H,7-8,14H2,1-6H3;1H4. The van der Waals surface area contributed by atoms with Gasteiger partial charge < -0.3 is 0 Å². The maximum atomic E-state index is 2.41. The first-order valence-electron chi connectivity index (χ1n) is 7.37. The highest BCUT2D eigenvalue weighted by Crippen LogP contribution is 2.46. The monoisotopic (exact) mass is 262 g/mol. The number of hydrogen-bond acceptors (Lipinski definition) is 0. The summed E-state index contributed by atoms with van der Waals surface area (Å²) in [5.74, 6) is 0.652. The first kappa shape index (κ1) is 18.2. The van der Waals surface area contributed by atoms with Crippen LogP contribution in [-0.4, -0.2) is 0 Å². The second kappa shape index (κ2) is 7.12. The molecule has 0 aliphatic rings. The Kier molecular flexibility index (Phi) is 6.83. The molecule has 0 spiro atoms. The molecule has 0 aromatic heterocycles. The summed E-state index contributed by atoms with van der Waals surface area (Å²) in [5, 5.41) is 0. The Morgan fingerprint density at radius 1 is 0.895 bits per heavy atom. The molecule has 110 valence electrons. The summed E-state index contributed by atoms with van der Waals surface area (Å²) in [5.41, 5.74) is 2.30. The van der Waals surface area contributed by atoms with Crippen LogP contribution in [0.25, 0.3) is 0 Å². The molecule has 0 amide bonds. The average molecular weight is 262 g/mol. The lowest BCUT2D eigenvalue weighted by Gasteiger charge is -2.39. The lowest BCUT2D eigenvalue weighted by Crippen LogP contribution is -2.26. The molecule has 1 atom stereocenters. The minimum absolute atomic E-state index is 0. The van der Waals surface area contributed by atoms with Crippen LogP contribution >= 0.6 is 0 Å². The third kappa shape index (κ3) is 5.01. The topological polar surface area (TPSA) is 0 Å². The van der Waals surface area contributed by atoms with Crippen molar-refractivity contribution in [3.8, 4) is 0 Å². The van der Waals surface area contributed by atoms with E-state index >= 15 is 0 Å². The van der Waals surface area contributed by atoms with Gasteiger partial charge in [-0.3, -0.25) is 0 Å². The van der Waals surface area contributed by atoms with Crippen molar-refractivity contribution in [2.45, 2.75) is 74.1 Å². The van der Waals surface area contributed by atoms with Gasteiger partial charge in [-0.2, -0.15) is 0 Å². The lowest BCUT2D eigenvalue weighted by molar-refractivity contribution is 0.188. The van der Waals surface area contributed by atoms with Crippen molar-refractivity contribution in [2.75, 3.05) is 0 Å². The molecule has 1 aromatic carbocycles. The zero-order valence-corrected chi connectivity index (χ0v) is 13.1. The van der Waals surface area contributed by atoms with Gasteiger partial charge in [0.1, 0.15) is 0 Å². The van der Waals surface area contributed by atoms with Crippen LogP contribution in [0, 0.1) is 10.8 Å². The van der Waals surface area contributed by atoms with Crippen molar-refractivity contribution in [1.82, 2.24) is 0 Å². The Morgan fingerprint density at radius 3 is 1.84 bits per heavy atom. The van der Waals surface area contributed by atoms with Gasteiger partial charge in [-0.15, -0.1) is 0 Å². The zero-order valence-electron chi connectivity index (χ0n) is 13.1. The van der Waals surface area contributed by atoms with Gasteiger partial charge in [0.2, 0.25) is 0 Å². The fourth-order valence-electron chi connectivity index (χ4n) is 2.47. The van der Waals surface area contributed by atoms with E-state index in [1.165, 1.54) is 24.8 Å². The molecule has 0 heterocycles. The van der Waals surface area contributed by atoms with E-state index in [0.717, 1.165) is 0 Å². The zero-order chi connectivity index (χ0) is 13.8. The van der Waals surface area contributed by atoms with Gasteiger partial charge in [0.25, 0.3) is 0 Å². The van der Waals surface area contributed by atoms with Gasteiger partial charge in [0.15, 0.2) is 0 Å². The molecule has 1 rings (SSSR count). The molecule has 0 aliphatic carbocycles. The summed E-state index contributed by atoms with van der Waals surface area (Å²) < 4.78 is 0. The second-order valence-corrected chi connectivity index (χ2v) is 7.03. The molecule has 0 aliphatic heterocycles. The lowest BCUT2D eigenvalue weighted by atomic mass is 9.66. The highest BCUT2D eigenvalue weighted by molar-refractivity contribution is 5.22. The number of benzene rings is 1. The minimum Gasteiger partial charge on any atom is -0.0776 e. The molecule has 0 bridgehead atoms. The molecule has 0 heteroatoms. The van der Waals surface area contributed by atoms with E-state index in [4.69, 9.17) is 0 Å². The molecule has 19 heavy (non-hydrogen) atoms. The Hall–Kier alpha value is -0.780. The van der Waals surface area contributed by atoms with Crippen molar-refractivity contribution in [2.24, 2.45) is 10.8 Å². The predicted molar refractivity (Wildman–Crippen MR) is 88.7 cm³/mol. The van der Waals surface area contributed by atoms with Gasteiger partial charge in [-0.25, -0.2) is 0 Å². The number of rotatable bonds is 6. The maximum Gasteiger partial charge on any atom is -0.0106 e. The Morgan fingerprint density at radius 2 is 1.42 bits per heavy atom. The van der Waals surface area contributed by atoms with Crippen molar-refractivity contribution >= 4 is 0 Å². The van der Waals surface area contributed by atoms with Crippen LogP contribution in [-0.2, 0) is 0 Å². The largest absolute Gasteiger partial charge is 0.0776 e. The fraction of sp³-hybridized carbons (Fsp3) is 0.684. The smallest absolute Gasteiger partial charge is 0.0106 e. The van der Waals surface area contributed by atoms with Crippen molar-refractivity contribution in [1.29, 1.82) is 0 Å². The van der Waals surface area contributed by atoms with Gasteiger partial charge >= 0.3 is 0 Å². The molecule has 1 aromatic rings. The van der Waals surface area contributed by atoms with Crippen LogP contribution in [0.1, 0.15) is 79.7 Å². The summed E-state index contributed by atoms with van der Waals surface area (Å²) in [7, 11) is 0. The van der Waals surface area contributed by atoms with Gasteiger partial charge in [-0.1, -0.05) is 92.1 Å². The summed E-state index contributed by atoms with van der Waals surface area (Å²) in [4.78, 5) is 0. The molecule has 1 unspecified atom stereocenters. The normalized spacial score (nSPS) is 13.8. The first-order chi connectivity index (χ1) is 8.32. The van der Waals surface area contributed by atoms with Crippen LogP contribution in [0.3, 0.4) is 0 Å². The summed E-state index contributed by atoms with van der Waals surface area (Å²) >= 11 is 0. The van der Waals surface area contributed by atoms with E-state index in [1.54, 1.807) is 0 Å². The molecule has 0 saturated heterocycles. The van der Waals surface area contributed by atoms with E-state index in [1.807, 2.05) is 0 Å². The van der Waals surface area contributed by atoms with Gasteiger partial charge in [0.05, 0.1) is 0 Å².